The molecule has 3 nitrogen and oxygen atoms in total. The number of hydrazine groups is 1. The van der Waals surface area contributed by atoms with Crippen LogP contribution in [0.4, 0.5) is 0 Å². The Hall–Kier alpha value is -0.120. The molecule has 16 heavy (non-hydrogen) atoms. The zero-order valence-electron chi connectivity index (χ0n) is 11.5. The van der Waals surface area contributed by atoms with Crippen LogP contribution >= 0.6 is 0 Å². The third-order valence-electron chi connectivity index (χ3n) is 4.62. The SMILES string of the molecule is CC(C)[C@@H](C)C1CN(C)N(C2CN(C)C2)C1. The second kappa shape index (κ2) is 4.63. The summed E-state index contributed by atoms with van der Waals surface area (Å²) >= 11 is 0. The van der Waals surface area contributed by atoms with Crippen molar-refractivity contribution in [1.82, 2.24) is 14.9 Å². The van der Waals surface area contributed by atoms with Gasteiger partial charge >= 0.3 is 0 Å². The van der Waals surface area contributed by atoms with Gasteiger partial charge in [-0.15, -0.1) is 0 Å². The van der Waals surface area contributed by atoms with Gasteiger partial charge < -0.3 is 4.90 Å². The second-order valence-corrected chi connectivity index (χ2v) is 6.20. The first kappa shape index (κ1) is 12.3. The predicted molar refractivity (Wildman–Crippen MR) is 68.1 cm³/mol. The van der Waals surface area contributed by atoms with E-state index in [4.69, 9.17) is 0 Å². The van der Waals surface area contributed by atoms with Crippen LogP contribution in [-0.4, -0.2) is 61.2 Å². The quantitative estimate of drug-likeness (QED) is 0.718. The normalized spacial score (nSPS) is 32.2. The summed E-state index contributed by atoms with van der Waals surface area (Å²) in [7, 11) is 4.46. The van der Waals surface area contributed by atoms with Crippen molar-refractivity contribution in [3.05, 3.63) is 0 Å². The van der Waals surface area contributed by atoms with Crippen molar-refractivity contribution in [2.24, 2.45) is 17.8 Å². The molecule has 2 aliphatic heterocycles. The van der Waals surface area contributed by atoms with Crippen molar-refractivity contribution in [2.75, 3.05) is 40.3 Å². The topological polar surface area (TPSA) is 9.72 Å². The van der Waals surface area contributed by atoms with Crippen LogP contribution in [0.15, 0.2) is 0 Å². The van der Waals surface area contributed by atoms with E-state index in [-0.39, 0.29) is 0 Å². The van der Waals surface area contributed by atoms with Crippen LogP contribution in [0.2, 0.25) is 0 Å². The minimum absolute atomic E-state index is 0.777. The fourth-order valence-corrected chi connectivity index (χ4v) is 3.04. The molecule has 0 aliphatic carbocycles. The molecule has 94 valence electrons. The van der Waals surface area contributed by atoms with Crippen LogP contribution in [-0.2, 0) is 0 Å². The van der Waals surface area contributed by atoms with Crippen molar-refractivity contribution in [1.29, 1.82) is 0 Å². The molecule has 2 fully saturated rings. The molecular weight excluding hydrogens is 198 g/mol. The Kier molecular flexibility index (Phi) is 3.57. The van der Waals surface area contributed by atoms with E-state index in [9.17, 15) is 0 Å². The molecule has 0 bridgehead atoms. The summed E-state index contributed by atoms with van der Waals surface area (Å²) < 4.78 is 0. The molecule has 0 aromatic heterocycles. The van der Waals surface area contributed by atoms with Crippen LogP contribution in [0.5, 0.6) is 0 Å². The molecule has 2 heterocycles. The first-order chi connectivity index (χ1) is 7.49. The van der Waals surface area contributed by atoms with Gasteiger partial charge in [0.05, 0.1) is 0 Å². The van der Waals surface area contributed by atoms with Crippen LogP contribution in [0, 0.1) is 17.8 Å². The predicted octanol–water partition coefficient (Wildman–Crippen LogP) is 1.37. The Labute approximate surface area is 100 Å². The molecule has 2 rings (SSSR count). The average molecular weight is 225 g/mol. The highest BCUT2D eigenvalue weighted by Gasteiger charge is 2.39. The number of likely N-dealkylation sites (N-methyl/N-ethyl adjacent to an activating group) is 1. The number of hydrogen-bond acceptors (Lipinski definition) is 3. The van der Waals surface area contributed by atoms with Gasteiger partial charge in [-0.05, 0) is 24.8 Å². The number of rotatable bonds is 3. The van der Waals surface area contributed by atoms with E-state index in [0.717, 1.165) is 23.8 Å². The maximum atomic E-state index is 2.60. The lowest BCUT2D eigenvalue weighted by Gasteiger charge is -2.44. The summed E-state index contributed by atoms with van der Waals surface area (Å²) in [5.74, 6) is 2.50. The molecule has 2 atom stereocenters. The lowest BCUT2D eigenvalue weighted by Crippen LogP contribution is -2.59. The van der Waals surface area contributed by atoms with E-state index in [1.54, 1.807) is 0 Å². The van der Waals surface area contributed by atoms with Gasteiger partial charge in [0.2, 0.25) is 0 Å². The largest absolute Gasteiger partial charge is 0.303 e. The summed E-state index contributed by atoms with van der Waals surface area (Å²) in [5.41, 5.74) is 0. The highest BCUT2D eigenvalue weighted by Crippen LogP contribution is 2.30. The minimum Gasteiger partial charge on any atom is -0.303 e. The van der Waals surface area contributed by atoms with Crippen molar-refractivity contribution >= 4 is 0 Å². The molecule has 0 aromatic rings. The average Bonchev–Trinajstić information content (AvgIpc) is 2.54. The van der Waals surface area contributed by atoms with Crippen molar-refractivity contribution in [3.63, 3.8) is 0 Å². The summed E-state index contributed by atoms with van der Waals surface area (Å²) in [5, 5.41) is 5.06. The molecular formula is C13H27N3. The fraction of sp³-hybridized carbons (Fsp3) is 1.00. The number of nitrogens with zero attached hydrogens (tertiary/aromatic N) is 3. The Bertz CT molecular complexity index is 235. The zero-order valence-corrected chi connectivity index (χ0v) is 11.5. The second-order valence-electron chi connectivity index (χ2n) is 6.20. The van der Waals surface area contributed by atoms with Crippen molar-refractivity contribution < 1.29 is 0 Å². The molecule has 0 amide bonds. The van der Waals surface area contributed by atoms with E-state index in [1.807, 2.05) is 0 Å². The summed E-state index contributed by atoms with van der Waals surface area (Å²) in [6, 6.07) is 0.777. The van der Waals surface area contributed by atoms with Gasteiger partial charge in [-0.2, -0.15) is 0 Å². The highest BCUT2D eigenvalue weighted by molar-refractivity contribution is 4.90. The van der Waals surface area contributed by atoms with E-state index in [0.29, 0.717) is 0 Å². The summed E-state index contributed by atoms with van der Waals surface area (Å²) in [6.45, 7) is 12.1. The maximum absolute atomic E-state index is 2.60. The molecule has 0 saturated carbocycles. The van der Waals surface area contributed by atoms with Gasteiger partial charge in [-0.3, -0.25) is 0 Å². The van der Waals surface area contributed by atoms with E-state index in [1.165, 1.54) is 26.2 Å². The smallest absolute Gasteiger partial charge is 0.0500 e. The standard InChI is InChI=1S/C13H27N3/c1-10(2)11(3)12-6-15(5)16(7-12)13-8-14(4)9-13/h10-13H,6-9H2,1-5H3/t11-,12?/m1/s1. The Balaban J connectivity index is 1.89. The molecule has 3 heteroatoms. The van der Waals surface area contributed by atoms with Gasteiger partial charge in [0.15, 0.2) is 0 Å². The first-order valence-electron chi connectivity index (χ1n) is 6.65. The third-order valence-corrected chi connectivity index (χ3v) is 4.62. The molecule has 0 radical (unpaired) electrons. The van der Waals surface area contributed by atoms with E-state index < -0.39 is 0 Å². The summed E-state index contributed by atoms with van der Waals surface area (Å²) in [4.78, 5) is 2.40. The van der Waals surface area contributed by atoms with Crippen LogP contribution in [0.25, 0.3) is 0 Å². The third kappa shape index (κ3) is 2.27. The monoisotopic (exact) mass is 225 g/mol. The van der Waals surface area contributed by atoms with Gasteiger partial charge in [0.25, 0.3) is 0 Å². The van der Waals surface area contributed by atoms with E-state index in [2.05, 4.69) is 49.8 Å². The molecule has 0 spiro atoms. The van der Waals surface area contributed by atoms with Gasteiger partial charge in [0, 0.05) is 39.3 Å². The van der Waals surface area contributed by atoms with Gasteiger partial charge in [-0.1, -0.05) is 20.8 Å². The van der Waals surface area contributed by atoms with Crippen molar-refractivity contribution in [2.45, 2.75) is 26.8 Å². The highest BCUT2D eigenvalue weighted by atomic mass is 15.7. The van der Waals surface area contributed by atoms with Crippen LogP contribution in [0.3, 0.4) is 0 Å². The van der Waals surface area contributed by atoms with Crippen LogP contribution in [0.1, 0.15) is 20.8 Å². The maximum Gasteiger partial charge on any atom is 0.0500 e. The van der Waals surface area contributed by atoms with E-state index >= 15 is 0 Å². The van der Waals surface area contributed by atoms with Crippen LogP contribution < -0.4 is 0 Å². The van der Waals surface area contributed by atoms with Crippen molar-refractivity contribution in [3.8, 4) is 0 Å². The van der Waals surface area contributed by atoms with Gasteiger partial charge in [0.1, 0.15) is 0 Å². The number of likely N-dealkylation sites (tertiary alicyclic amines) is 1. The van der Waals surface area contributed by atoms with Gasteiger partial charge in [-0.25, -0.2) is 10.0 Å². The lowest BCUT2D eigenvalue weighted by atomic mass is 9.85. The molecule has 2 aliphatic rings. The summed E-state index contributed by atoms with van der Waals surface area (Å²) in [6.07, 6.45) is 0. The molecule has 2 saturated heterocycles. The number of hydrogen-bond donors (Lipinski definition) is 0. The fourth-order valence-electron chi connectivity index (χ4n) is 3.04. The molecule has 0 N–H and O–H groups in total. The minimum atomic E-state index is 0.777. The Morgan fingerprint density at radius 1 is 0.938 bits per heavy atom. The lowest BCUT2D eigenvalue weighted by molar-refractivity contribution is -0.0527. The molecule has 0 aromatic carbocycles. The Morgan fingerprint density at radius 3 is 2.06 bits per heavy atom. The molecule has 1 unspecified atom stereocenters. The zero-order chi connectivity index (χ0) is 11.9. The Morgan fingerprint density at radius 2 is 1.56 bits per heavy atom. The first-order valence-corrected chi connectivity index (χ1v) is 6.65.